The second kappa shape index (κ2) is 7.01. The summed E-state index contributed by atoms with van der Waals surface area (Å²) in [6.07, 6.45) is 0. The molecule has 2 heterocycles. The van der Waals surface area contributed by atoms with Gasteiger partial charge in [0.25, 0.3) is 11.8 Å². The number of aryl methyl sites for hydroxylation is 1. The Morgan fingerprint density at radius 1 is 1.21 bits per heavy atom. The molecule has 3 aromatic rings. The van der Waals surface area contributed by atoms with Crippen molar-refractivity contribution >= 4 is 39.1 Å². The predicted octanol–water partition coefficient (Wildman–Crippen LogP) is 2.74. The zero-order valence-electron chi connectivity index (χ0n) is 15.2. The van der Waals surface area contributed by atoms with E-state index in [1.54, 1.807) is 12.1 Å². The molecule has 0 saturated heterocycles. The van der Waals surface area contributed by atoms with E-state index >= 15 is 0 Å². The Morgan fingerprint density at radius 2 is 1.93 bits per heavy atom. The molecule has 144 valence electrons. The molecule has 4 rings (SSSR count). The SMILES string of the molecule is COc1ccc2nc(C)sc2c1C(=O)Nc1cc2c(cc1C(N)=O)OCCO2. The maximum absolute atomic E-state index is 13.1. The number of anilines is 1. The van der Waals surface area contributed by atoms with Gasteiger partial charge in [0.2, 0.25) is 0 Å². The molecule has 0 spiro atoms. The second-order valence-corrected chi connectivity index (χ2v) is 7.29. The van der Waals surface area contributed by atoms with Crippen LogP contribution >= 0.6 is 11.3 Å². The van der Waals surface area contributed by atoms with E-state index in [0.717, 1.165) is 5.01 Å². The molecule has 28 heavy (non-hydrogen) atoms. The van der Waals surface area contributed by atoms with E-state index in [2.05, 4.69) is 10.3 Å². The van der Waals surface area contributed by atoms with Gasteiger partial charge in [0.1, 0.15) is 24.5 Å². The number of carbonyl (C=O) groups is 2. The van der Waals surface area contributed by atoms with E-state index in [0.29, 0.717) is 46.2 Å². The summed E-state index contributed by atoms with van der Waals surface area (Å²) < 4.78 is 17.1. The Kier molecular flexibility index (Phi) is 4.52. The number of aromatic nitrogens is 1. The van der Waals surface area contributed by atoms with Gasteiger partial charge in [-0.1, -0.05) is 0 Å². The Bertz CT molecular complexity index is 1110. The molecule has 1 aliphatic rings. The largest absolute Gasteiger partial charge is 0.496 e. The lowest BCUT2D eigenvalue weighted by atomic mass is 10.1. The molecular formula is C19H17N3O5S. The minimum atomic E-state index is -0.689. The molecule has 0 fully saturated rings. The van der Waals surface area contributed by atoms with Crippen LogP contribution in [0, 0.1) is 6.92 Å². The highest BCUT2D eigenvalue weighted by molar-refractivity contribution is 7.19. The number of carbonyl (C=O) groups excluding carboxylic acids is 2. The van der Waals surface area contributed by atoms with E-state index in [4.69, 9.17) is 19.9 Å². The maximum atomic E-state index is 13.1. The first-order valence-corrected chi connectivity index (χ1v) is 9.28. The van der Waals surface area contributed by atoms with Crippen molar-refractivity contribution in [1.29, 1.82) is 0 Å². The van der Waals surface area contributed by atoms with Crippen LogP contribution in [0.25, 0.3) is 10.2 Å². The second-order valence-electron chi connectivity index (χ2n) is 6.08. The van der Waals surface area contributed by atoms with Crippen molar-refractivity contribution in [3.63, 3.8) is 0 Å². The molecule has 9 heteroatoms. The molecule has 8 nitrogen and oxygen atoms in total. The fraction of sp³-hybridized carbons (Fsp3) is 0.211. The van der Waals surface area contributed by atoms with Crippen molar-refractivity contribution in [3.8, 4) is 17.2 Å². The number of ether oxygens (including phenoxy) is 3. The number of thiazole rings is 1. The number of nitrogens with two attached hydrogens (primary N) is 1. The lowest BCUT2D eigenvalue weighted by molar-refractivity contribution is 0.1000. The quantitative estimate of drug-likeness (QED) is 0.697. The molecule has 0 atom stereocenters. The topological polar surface area (TPSA) is 113 Å². The highest BCUT2D eigenvalue weighted by atomic mass is 32.1. The number of primary amides is 1. The van der Waals surface area contributed by atoms with Gasteiger partial charge >= 0.3 is 0 Å². The Labute approximate surface area is 164 Å². The fourth-order valence-corrected chi connectivity index (χ4v) is 4.00. The molecular weight excluding hydrogens is 382 g/mol. The molecule has 3 N–H and O–H groups in total. The van der Waals surface area contributed by atoms with Crippen LogP contribution < -0.4 is 25.3 Å². The van der Waals surface area contributed by atoms with E-state index in [1.165, 1.54) is 30.6 Å². The van der Waals surface area contributed by atoms with Crippen molar-refractivity contribution in [2.45, 2.75) is 6.92 Å². The van der Waals surface area contributed by atoms with Gasteiger partial charge in [0, 0.05) is 6.07 Å². The Balaban J connectivity index is 1.79. The van der Waals surface area contributed by atoms with Crippen molar-refractivity contribution in [2.24, 2.45) is 5.73 Å². The number of amides is 2. The minimum absolute atomic E-state index is 0.129. The predicted molar refractivity (Wildman–Crippen MR) is 105 cm³/mol. The molecule has 0 unspecified atom stereocenters. The average molecular weight is 399 g/mol. The average Bonchev–Trinajstić information content (AvgIpc) is 3.06. The van der Waals surface area contributed by atoms with Crippen molar-refractivity contribution in [1.82, 2.24) is 4.98 Å². The zero-order valence-corrected chi connectivity index (χ0v) is 16.0. The first kappa shape index (κ1) is 18.1. The van der Waals surface area contributed by atoms with E-state index in [1.807, 2.05) is 6.92 Å². The number of benzene rings is 2. The molecule has 1 aromatic heterocycles. The molecule has 0 aliphatic carbocycles. The Morgan fingerprint density at radius 3 is 2.61 bits per heavy atom. The van der Waals surface area contributed by atoms with Gasteiger partial charge in [-0.25, -0.2) is 4.98 Å². The van der Waals surface area contributed by atoms with Crippen LogP contribution in [0.4, 0.5) is 5.69 Å². The maximum Gasteiger partial charge on any atom is 0.260 e. The van der Waals surface area contributed by atoms with Gasteiger partial charge < -0.3 is 25.3 Å². The minimum Gasteiger partial charge on any atom is -0.496 e. The summed E-state index contributed by atoms with van der Waals surface area (Å²) in [6, 6.07) is 6.50. The number of rotatable bonds is 4. The van der Waals surface area contributed by atoms with Crippen molar-refractivity contribution in [2.75, 3.05) is 25.6 Å². The van der Waals surface area contributed by atoms with Gasteiger partial charge in [0.05, 0.1) is 33.6 Å². The number of nitrogens with one attached hydrogen (secondary N) is 1. The number of hydrogen-bond donors (Lipinski definition) is 2. The zero-order chi connectivity index (χ0) is 19.8. The molecule has 0 radical (unpaired) electrons. The standard InChI is InChI=1S/C19H17N3O5S/c1-9-21-11-3-4-13(25-2)16(17(11)28-9)19(24)22-12-8-15-14(26-5-6-27-15)7-10(12)18(20)23/h3-4,7-8H,5-6H2,1-2H3,(H2,20,23)(H,22,24). The number of nitrogens with zero attached hydrogens (tertiary/aromatic N) is 1. The van der Waals surface area contributed by atoms with Crippen LogP contribution in [-0.4, -0.2) is 37.1 Å². The molecule has 2 aromatic carbocycles. The van der Waals surface area contributed by atoms with Crippen LogP contribution in [-0.2, 0) is 0 Å². The summed E-state index contributed by atoms with van der Waals surface area (Å²) in [6.45, 7) is 2.62. The van der Waals surface area contributed by atoms with Crippen molar-refractivity contribution in [3.05, 3.63) is 40.4 Å². The van der Waals surface area contributed by atoms with Gasteiger partial charge in [-0.2, -0.15) is 0 Å². The summed E-state index contributed by atoms with van der Waals surface area (Å²) in [5.41, 5.74) is 6.90. The summed E-state index contributed by atoms with van der Waals surface area (Å²) in [7, 11) is 1.49. The molecule has 0 saturated carbocycles. The molecule has 2 amide bonds. The van der Waals surface area contributed by atoms with Crippen LogP contribution in [0.1, 0.15) is 25.7 Å². The number of methoxy groups -OCH3 is 1. The van der Waals surface area contributed by atoms with E-state index < -0.39 is 11.8 Å². The smallest absolute Gasteiger partial charge is 0.260 e. The van der Waals surface area contributed by atoms with E-state index in [-0.39, 0.29) is 11.3 Å². The fourth-order valence-electron chi connectivity index (χ4n) is 3.05. The normalized spacial score (nSPS) is 12.6. The van der Waals surface area contributed by atoms with Crippen LogP contribution in [0.2, 0.25) is 0 Å². The lowest BCUT2D eigenvalue weighted by Crippen LogP contribution is -2.21. The summed E-state index contributed by atoms with van der Waals surface area (Å²) >= 11 is 1.39. The summed E-state index contributed by atoms with van der Waals surface area (Å²) in [5, 5.41) is 3.59. The van der Waals surface area contributed by atoms with Crippen molar-refractivity contribution < 1.29 is 23.8 Å². The van der Waals surface area contributed by atoms with Crippen LogP contribution in [0.5, 0.6) is 17.2 Å². The third-order valence-electron chi connectivity index (χ3n) is 4.27. The third-order valence-corrected chi connectivity index (χ3v) is 5.27. The van der Waals surface area contributed by atoms with Crippen LogP contribution in [0.15, 0.2) is 24.3 Å². The Hall–Kier alpha value is -3.33. The highest BCUT2D eigenvalue weighted by Gasteiger charge is 2.23. The summed E-state index contributed by atoms with van der Waals surface area (Å²) in [5.74, 6) is 0.129. The third kappa shape index (κ3) is 3.09. The summed E-state index contributed by atoms with van der Waals surface area (Å²) in [4.78, 5) is 29.4. The van der Waals surface area contributed by atoms with E-state index in [9.17, 15) is 9.59 Å². The van der Waals surface area contributed by atoms with Gasteiger partial charge in [-0.05, 0) is 25.1 Å². The van der Waals surface area contributed by atoms with Crippen LogP contribution in [0.3, 0.4) is 0 Å². The monoisotopic (exact) mass is 399 g/mol. The highest BCUT2D eigenvalue weighted by Crippen LogP contribution is 2.37. The molecule has 1 aliphatic heterocycles. The first-order valence-electron chi connectivity index (χ1n) is 8.47. The number of fused-ring (bicyclic) bond motifs is 2. The van der Waals surface area contributed by atoms with Gasteiger partial charge in [0.15, 0.2) is 11.5 Å². The number of hydrogen-bond acceptors (Lipinski definition) is 7. The first-order chi connectivity index (χ1) is 13.5. The van der Waals surface area contributed by atoms with Gasteiger partial charge in [-0.3, -0.25) is 9.59 Å². The van der Waals surface area contributed by atoms with Gasteiger partial charge in [-0.15, -0.1) is 11.3 Å². The lowest BCUT2D eigenvalue weighted by Gasteiger charge is -2.21. The molecule has 0 bridgehead atoms.